The zero-order chi connectivity index (χ0) is 13.7. The largest absolute Gasteiger partial charge is 0.462 e. The first kappa shape index (κ1) is 14.2. The zero-order valence-corrected chi connectivity index (χ0v) is 11.7. The van der Waals surface area contributed by atoms with Crippen LogP contribution in [0.5, 0.6) is 0 Å². The standard InChI is InChI=1S/C14H19ClN2O2/c15-12-10-11(4-5-13(12)16)14(18)19-9-3-8-17-6-1-2-7-17/h4-5,10H,1-3,6-9,16H2. The van der Waals surface area contributed by atoms with E-state index in [2.05, 4.69) is 4.90 Å². The monoisotopic (exact) mass is 282 g/mol. The van der Waals surface area contributed by atoms with Crippen molar-refractivity contribution in [2.24, 2.45) is 0 Å². The van der Waals surface area contributed by atoms with Gasteiger partial charge in [0.05, 0.1) is 22.9 Å². The quantitative estimate of drug-likeness (QED) is 0.512. The van der Waals surface area contributed by atoms with Gasteiger partial charge in [-0.25, -0.2) is 4.79 Å². The molecular formula is C14H19ClN2O2. The summed E-state index contributed by atoms with van der Waals surface area (Å²) < 4.78 is 5.22. The van der Waals surface area contributed by atoms with Gasteiger partial charge >= 0.3 is 5.97 Å². The first-order valence-electron chi connectivity index (χ1n) is 6.61. The summed E-state index contributed by atoms with van der Waals surface area (Å²) in [4.78, 5) is 14.2. The number of likely N-dealkylation sites (tertiary alicyclic amines) is 1. The highest BCUT2D eigenvalue weighted by Crippen LogP contribution is 2.20. The third-order valence-corrected chi connectivity index (χ3v) is 3.61. The molecule has 19 heavy (non-hydrogen) atoms. The molecule has 0 atom stereocenters. The lowest BCUT2D eigenvalue weighted by molar-refractivity contribution is 0.0491. The van der Waals surface area contributed by atoms with Gasteiger partial charge in [0.2, 0.25) is 0 Å². The maximum Gasteiger partial charge on any atom is 0.338 e. The second kappa shape index (κ2) is 6.78. The van der Waals surface area contributed by atoms with Crippen LogP contribution in [0.3, 0.4) is 0 Å². The summed E-state index contributed by atoms with van der Waals surface area (Å²) in [6, 6.07) is 4.78. The zero-order valence-electron chi connectivity index (χ0n) is 10.9. The van der Waals surface area contributed by atoms with E-state index < -0.39 is 0 Å². The van der Waals surface area contributed by atoms with Gasteiger partial charge in [-0.15, -0.1) is 0 Å². The van der Waals surface area contributed by atoms with Crippen molar-refractivity contribution in [3.8, 4) is 0 Å². The molecule has 0 bridgehead atoms. The molecule has 1 aromatic carbocycles. The number of halogens is 1. The molecular weight excluding hydrogens is 264 g/mol. The molecule has 4 nitrogen and oxygen atoms in total. The molecule has 0 aliphatic carbocycles. The molecule has 5 heteroatoms. The highest BCUT2D eigenvalue weighted by molar-refractivity contribution is 6.33. The minimum Gasteiger partial charge on any atom is -0.462 e. The number of ether oxygens (including phenoxy) is 1. The molecule has 1 saturated heterocycles. The Morgan fingerprint density at radius 3 is 2.79 bits per heavy atom. The Kier molecular flexibility index (Phi) is 5.05. The van der Waals surface area contributed by atoms with Crippen LogP contribution in [0.2, 0.25) is 5.02 Å². The molecule has 1 aliphatic heterocycles. The molecule has 0 amide bonds. The number of benzene rings is 1. The number of rotatable bonds is 5. The van der Waals surface area contributed by atoms with E-state index in [4.69, 9.17) is 22.1 Å². The predicted molar refractivity (Wildman–Crippen MR) is 76.4 cm³/mol. The Bertz CT molecular complexity index is 445. The summed E-state index contributed by atoms with van der Waals surface area (Å²) in [6.45, 7) is 3.77. The fourth-order valence-electron chi connectivity index (χ4n) is 2.20. The van der Waals surface area contributed by atoms with Gasteiger partial charge in [0.25, 0.3) is 0 Å². The van der Waals surface area contributed by atoms with Gasteiger partial charge in [-0.2, -0.15) is 0 Å². The van der Waals surface area contributed by atoms with Crippen LogP contribution in [0.25, 0.3) is 0 Å². The molecule has 0 radical (unpaired) electrons. The van der Waals surface area contributed by atoms with Gasteiger partial charge in [-0.1, -0.05) is 11.6 Å². The minimum absolute atomic E-state index is 0.344. The first-order chi connectivity index (χ1) is 9.16. The van der Waals surface area contributed by atoms with E-state index in [1.165, 1.54) is 25.9 Å². The molecule has 0 aromatic heterocycles. The molecule has 1 aromatic rings. The van der Waals surface area contributed by atoms with Gasteiger partial charge in [-0.05, 0) is 50.6 Å². The third kappa shape index (κ3) is 4.11. The SMILES string of the molecule is Nc1ccc(C(=O)OCCCN2CCCC2)cc1Cl. The van der Waals surface area contributed by atoms with Crippen molar-refractivity contribution in [3.05, 3.63) is 28.8 Å². The molecule has 0 unspecified atom stereocenters. The number of anilines is 1. The molecule has 2 rings (SSSR count). The molecule has 1 aliphatic rings. The van der Waals surface area contributed by atoms with E-state index in [9.17, 15) is 4.79 Å². The Labute approximate surface area is 118 Å². The van der Waals surface area contributed by atoms with Crippen LogP contribution < -0.4 is 5.73 Å². The summed E-state index contributed by atoms with van der Waals surface area (Å²) in [7, 11) is 0. The number of carbonyl (C=O) groups is 1. The van der Waals surface area contributed by atoms with Crippen molar-refractivity contribution in [2.45, 2.75) is 19.3 Å². The Morgan fingerprint density at radius 2 is 2.11 bits per heavy atom. The van der Waals surface area contributed by atoms with Crippen molar-refractivity contribution in [3.63, 3.8) is 0 Å². The van der Waals surface area contributed by atoms with Crippen molar-refractivity contribution < 1.29 is 9.53 Å². The average Bonchev–Trinajstić information content (AvgIpc) is 2.91. The number of carbonyl (C=O) groups excluding carboxylic acids is 1. The van der Waals surface area contributed by atoms with E-state index >= 15 is 0 Å². The molecule has 0 saturated carbocycles. The summed E-state index contributed by atoms with van der Waals surface area (Å²) in [5, 5.41) is 0.381. The van der Waals surface area contributed by atoms with Crippen LogP contribution in [-0.2, 0) is 4.74 Å². The highest BCUT2D eigenvalue weighted by Gasteiger charge is 2.12. The number of nitrogens with zero attached hydrogens (tertiary/aromatic N) is 1. The Morgan fingerprint density at radius 1 is 1.37 bits per heavy atom. The number of nitrogens with two attached hydrogens (primary N) is 1. The van der Waals surface area contributed by atoms with Crippen molar-refractivity contribution in [1.82, 2.24) is 4.90 Å². The van der Waals surface area contributed by atoms with E-state index in [1.54, 1.807) is 18.2 Å². The lowest BCUT2D eigenvalue weighted by Crippen LogP contribution is -2.22. The maximum absolute atomic E-state index is 11.8. The first-order valence-corrected chi connectivity index (χ1v) is 6.99. The van der Waals surface area contributed by atoms with Crippen LogP contribution in [0.15, 0.2) is 18.2 Å². The van der Waals surface area contributed by atoms with E-state index in [0.29, 0.717) is 22.9 Å². The van der Waals surface area contributed by atoms with Crippen molar-refractivity contribution in [2.75, 3.05) is 32.0 Å². The van der Waals surface area contributed by atoms with E-state index in [0.717, 1.165) is 13.0 Å². The second-order valence-electron chi connectivity index (χ2n) is 4.77. The van der Waals surface area contributed by atoms with Crippen molar-refractivity contribution in [1.29, 1.82) is 0 Å². The summed E-state index contributed by atoms with van der Waals surface area (Å²) in [5.41, 5.74) is 6.50. The van der Waals surface area contributed by atoms with Crippen LogP contribution in [-0.4, -0.2) is 37.1 Å². The average molecular weight is 283 g/mol. The number of hydrogen-bond acceptors (Lipinski definition) is 4. The number of hydrogen-bond donors (Lipinski definition) is 1. The minimum atomic E-state index is -0.344. The van der Waals surface area contributed by atoms with Crippen LogP contribution in [0, 0.1) is 0 Å². The normalized spacial score (nSPS) is 15.6. The van der Waals surface area contributed by atoms with Gasteiger partial charge in [0, 0.05) is 6.54 Å². The predicted octanol–water partition coefficient (Wildman–Crippen LogP) is 2.56. The van der Waals surface area contributed by atoms with Gasteiger partial charge in [0.1, 0.15) is 0 Å². The third-order valence-electron chi connectivity index (χ3n) is 3.29. The van der Waals surface area contributed by atoms with Crippen molar-refractivity contribution >= 4 is 23.3 Å². The summed E-state index contributed by atoms with van der Waals surface area (Å²) in [5.74, 6) is -0.344. The Hall–Kier alpha value is -1.26. The molecule has 2 N–H and O–H groups in total. The fourth-order valence-corrected chi connectivity index (χ4v) is 2.38. The van der Waals surface area contributed by atoms with E-state index in [1.807, 2.05) is 0 Å². The smallest absolute Gasteiger partial charge is 0.338 e. The van der Waals surface area contributed by atoms with Crippen LogP contribution >= 0.6 is 11.6 Å². The molecule has 104 valence electrons. The Balaban J connectivity index is 1.72. The number of esters is 1. The molecule has 1 heterocycles. The fraction of sp³-hybridized carbons (Fsp3) is 0.500. The lowest BCUT2D eigenvalue weighted by atomic mass is 10.2. The van der Waals surface area contributed by atoms with E-state index in [-0.39, 0.29) is 5.97 Å². The van der Waals surface area contributed by atoms with Gasteiger partial charge in [0.15, 0.2) is 0 Å². The lowest BCUT2D eigenvalue weighted by Gasteiger charge is -2.14. The second-order valence-corrected chi connectivity index (χ2v) is 5.18. The number of nitrogen functional groups attached to an aromatic ring is 1. The highest BCUT2D eigenvalue weighted by atomic mass is 35.5. The summed E-state index contributed by atoms with van der Waals surface area (Å²) >= 11 is 5.87. The topological polar surface area (TPSA) is 55.6 Å². The van der Waals surface area contributed by atoms with Crippen LogP contribution in [0.4, 0.5) is 5.69 Å². The summed E-state index contributed by atoms with van der Waals surface area (Å²) in [6.07, 6.45) is 3.43. The van der Waals surface area contributed by atoms with Gasteiger partial charge < -0.3 is 15.4 Å². The molecule has 1 fully saturated rings. The van der Waals surface area contributed by atoms with Gasteiger partial charge in [-0.3, -0.25) is 0 Å². The van der Waals surface area contributed by atoms with Crippen LogP contribution in [0.1, 0.15) is 29.6 Å². The maximum atomic E-state index is 11.8. The molecule has 0 spiro atoms.